The van der Waals surface area contributed by atoms with Crippen LogP contribution in [0.2, 0.25) is 0 Å². The summed E-state index contributed by atoms with van der Waals surface area (Å²) in [6.07, 6.45) is 10.5. The minimum atomic E-state index is -0.118. The molecule has 1 fully saturated rings. The summed E-state index contributed by atoms with van der Waals surface area (Å²) in [6, 6.07) is 5.26. The second kappa shape index (κ2) is 7.76. The quantitative estimate of drug-likeness (QED) is 0.515. The van der Waals surface area contributed by atoms with Gasteiger partial charge in [0.05, 0.1) is 0 Å². The Balaban J connectivity index is 1.99. The zero-order valence-corrected chi connectivity index (χ0v) is 15.0. The predicted molar refractivity (Wildman–Crippen MR) is 92.6 cm³/mol. The number of rotatable bonds is 6. The fraction of sp³-hybridized carbons (Fsp3) is 0.684. The van der Waals surface area contributed by atoms with Crippen LogP contribution in [0.15, 0.2) is 18.2 Å². The Morgan fingerprint density at radius 1 is 1.29 bits per heavy atom. The molecule has 0 heterocycles. The maximum absolute atomic E-state index is 13.3. The predicted octanol–water partition coefficient (Wildman–Crippen LogP) is 6.44. The van der Waals surface area contributed by atoms with Crippen molar-refractivity contribution >= 4 is 15.9 Å². The number of alkyl halides is 1. The van der Waals surface area contributed by atoms with Gasteiger partial charge in [-0.3, -0.25) is 0 Å². The number of unbranched alkanes of at least 4 members (excludes halogenated alkanes) is 1. The molecule has 1 saturated carbocycles. The summed E-state index contributed by atoms with van der Waals surface area (Å²) in [5.41, 5.74) is 2.80. The van der Waals surface area contributed by atoms with E-state index in [-0.39, 0.29) is 5.82 Å². The monoisotopic (exact) mass is 354 g/mol. The molecule has 0 N–H and O–H groups in total. The van der Waals surface area contributed by atoms with Gasteiger partial charge in [0.2, 0.25) is 0 Å². The van der Waals surface area contributed by atoms with Gasteiger partial charge in [-0.2, -0.15) is 0 Å². The van der Waals surface area contributed by atoms with Gasteiger partial charge < -0.3 is 0 Å². The van der Waals surface area contributed by atoms with E-state index >= 15 is 0 Å². The Morgan fingerprint density at radius 2 is 2.00 bits per heavy atom. The number of hydrogen-bond acceptors (Lipinski definition) is 0. The lowest BCUT2D eigenvalue weighted by atomic mass is 9.67. The molecule has 1 aromatic rings. The molecule has 0 radical (unpaired) electrons. The van der Waals surface area contributed by atoms with Gasteiger partial charge in [-0.15, -0.1) is 0 Å². The molecule has 0 unspecified atom stereocenters. The zero-order valence-electron chi connectivity index (χ0n) is 13.4. The van der Waals surface area contributed by atoms with Gasteiger partial charge >= 0.3 is 0 Å². The van der Waals surface area contributed by atoms with Gasteiger partial charge in [0.1, 0.15) is 5.82 Å². The van der Waals surface area contributed by atoms with Crippen molar-refractivity contribution in [1.29, 1.82) is 0 Å². The third-order valence-corrected chi connectivity index (χ3v) is 6.47. The second-order valence-electron chi connectivity index (χ2n) is 6.97. The molecule has 0 amide bonds. The minimum Gasteiger partial charge on any atom is -0.207 e. The van der Waals surface area contributed by atoms with Crippen LogP contribution >= 0.6 is 15.9 Å². The summed E-state index contributed by atoms with van der Waals surface area (Å²) < 4.78 is 13.3. The fourth-order valence-electron chi connectivity index (χ4n) is 3.69. The van der Waals surface area contributed by atoms with Crippen LogP contribution in [0.4, 0.5) is 4.39 Å². The molecule has 2 rings (SSSR count). The highest BCUT2D eigenvalue weighted by Gasteiger charge is 2.34. The maximum atomic E-state index is 13.3. The molecule has 0 aromatic heterocycles. The van der Waals surface area contributed by atoms with Crippen molar-refractivity contribution in [3.63, 3.8) is 0 Å². The lowest BCUT2D eigenvalue weighted by molar-refractivity contribution is 0.168. The molecule has 0 aliphatic heterocycles. The topological polar surface area (TPSA) is 0 Å². The van der Waals surface area contributed by atoms with Gasteiger partial charge in [-0.1, -0.05) is 48.2 Å². The first-order chi connectivity index (χ1) is 10.1. The Kier molecular flexibility index (Phi) is 6.28. The van der Waals surface area contributed by atoms with Crippen LogP contribution < -0.4 is 0 Å². The summed E-state index contributed by atoms with van der Waals surface area (Å²) in [5.74, 6) is 0.818. The largest absolute Gasteiger partial charge is 0.207 e. The standard InChI is InChI=1S/C19H28BrF/c1-3-4-5-16-8-10-19(14-20,11-9-16)13-17-6-7-18(21)12-15(17)2/h6-7,12,16H,3-5,8-11,13-14H2,1-2H3. The highest BCUT2D eigenvalue weighted by atomic mass is 79.9. The SMILES string of the molecule is CCCCC1CCC(CBr)(Cc2ccc(F)cc2C)CC1. The van der Waals surface area contributed by atoms with E-state index in [0.717, 1.165) is 23.2 Å². The Morgan fingerprint density at radius 3 is 2.57 bits per heavy atom. The van der Waals surface area contributed by atoms with E-state index in [1.165, 1.54) is 50.5 Å². The smallest absolute Gasteiger partial charge is 0.123 e. The minimum absolute atomic E-state index is 0.118. The third-order valence-electron chi connectivity index (χ3n) is 5.29. The van der Waals surface area contributed by atoms with Crippen molar-refractivity contribution in [2.24, 2.45) is 11.3 Å². The molecule has 0 nitrogen and oxygen atoms in total. The first-order valence-corrected chi connectivity index (χ1v) is 9.52. The summed E-state index contributed by atoms with van der Waals surface area (Å²) in [5, 5.41) is 1.07. The molecule has 0 bridgehead atoms. The average molecular weight is 355 g/mol. The number of halogens is 2. The van der Waals surface area contributed by atoms with Crippen LogP contribution in [-0.4, -0.2) is 5.33 Å². The van der Waals surface area contributed by atoms with Crippen LogP contribution in [-0.2, 0) is 6.42 Å². The third kappa shape index (κ3) is 4.55. The Bertz CT molecular complexity index is 447. The lowest BCUT2D eigenvalue weighted by Crippen LogP contribution is -2.31. The van der Waals surface area contributed by atoms with Crippen LogP contribution in [0, 0.1) is 24.1 Å². The van der Waals surface area contributed by atoms with E-state index < -0.39 is 0 Å². The van der Waals surface area contributed by atoms with Crippen molar-refractivity contribution in [2.45, 2.75) is 65.2 Å². The zero-order chi connectivity index (χ0) is 15.3. The Hall–Kier alpha value is -0.370. The van der Waals surface area contributed by atoms with Gasteiger partial charge in [-0.25, -0.2) is 4.39 Å². The molecule has 1 aromatic carbocycles. The average Bonchev–Trinajstić information content (AvgIpc) is 2.49. The van der Waals surface area contributed by atoms with E-state index in [9.17, 15) is 4.39 Å². The molecule has 21 heavy (non-hydrogen) atoms. The van der Waals surface area contributed by atoms with Crippen molar-refractivity contribution in [1.82, 2.24) is 0 Å². The van der Waals surface area contributed by atoms with Crippen molar-refractivity contribution < 1.29 is 4.39 Å². The molecule has 118 valence electrons. The summed E-state index contributed by atoms with van der Waals surface area (Å²) in [7, 11) is 0. The van der Waals surface area contributed by atoms with E-state index in [0.29, 0.717) is 5.41 Å². The van der Waals surface area contributed by atoms with Gasteiger partial charge in [-0.05, 0) is 73.6 Å². The van der Waals surface area contributed by atoms with Crippen LogP contribution in [0.5, 0.6) is 0 Å². The highest BCUT2D eigenvalue weighted by molar-refractivity contribution is 9.09. The number of aryl methyl sites for hydroxylation is 1. The summed E-state index contributed by atoms with van der Waals surface area (Å²) in [4.78, 5) is 0. The Labute approximate surface area is 137 Å². The molecule has 2 heteroatoms. The lowest BCUT2D eigenvalue weighted by Gasteiger charge is -2.39. The molecule has 0 saturated heterocycles. The van der Waals surface area contributed by atoms with Crippen LogP contribution in [0.3, 0.4) is 0 Å². The van der Waals surface area contributed by atoms with Gasteiger partial charge in [0, 0.05) is 5.33 Å². The molecule has 1 aliphatic rings. The van der Waals surface area contributed by atoms with Crippen molar-refractivity contribution in [3.8, 4) is 0 Å². The molecular weight excluding hydrogens is 327 g/mol. The molecule has 0 atom stereocenters. The van der Waals surface area contributed by atoms with E-state index in [4.69, 9.17) is 0 Å². The van der Waals surface area contributed by atoms with Crippen LogP contribution in [0.1, 0.15) is 63.0 Å². The highest BCUT2D eigenvalue weighted by Crippen LogP contribution is 2.44. The van der Waals surface area contributed by atoms with E-state index in [1.807, 2.05) is 13.0 Å². The van der Waals surface area contributed by atoms with E-state index in [1.54, 1.807) is 12.1 Å². The summed E-state index contributed by atoms with van der Waals surface area (Å²) >= 11 is 3.76. The second-order valence-corrected chi connectivity index (χ2v) is 7.53. The van der Waals surface area contributed by atoms with Crippen molar-refractivity contribution in [3.05, 3.63) is 35.1 Å². The summed E-state index contributed by atoms with van der Waals surface area (Å²) in [6.45, 7) is 4.32. The van der Waals surface area contributed by atoms with Crippen molar-refractivity contribution in [2.75, 3.05) is 5.33 Å². The van der Waals surface area contributed by atoms with Crippen LogP contribution in [0.25, 0.3) is 0 Å². The molecular formula is C19H28BrF. The van der Waals surface area contributed by atoms with Gasteiger partial charge in [0.15, 0.2) is 0 Å². The van der Waals surface area contributed by atoms with E-state index in [2.05, 4.69) is 22.9 Å². The molecule has 1 aliphatic carbocycles. The fourth-order valence-corrected chi connectivity index (χ4v) is 4.45. The first-order valence-electron chi connectivity index (χ1n) is 8.39. The molecule has 0 spiro atoms. The first kappa shape index (κ1) is 17.0. The number of benzene rings is 1. The maximum Gasteiger partial charge on any atom is 0.123 e. The van der Waals surface area contributed by atoms with Gasteiger partial charge in [0.25, 0.3) is 0 Å². The normalized spacial score (nSPS) is 26.0. The number of hydrogen-bond donors (Lipinski definition) is 0.